The zero-order valence-corrected chi connectivity index (χ0v) is 28.8. The van der Waals surface area contributed by atoms with E-state index in [0.29, 0.717) is 12.5 Å². The molecule has 5 nitrogen and oxygen atoms in total. The molecule has 6 heteroatoms. The number of allylic oxidation sites excluding steroid dienone is 2. The van der Waals surface area contributed by atoms with E-state index in [-0.39, 0.29) is 17.5 Å². The first-order chi connectivity index (χ1) is 21.2. The Hall–Kier alpha value is -2.18. The number of esters is 1. The average Bonchev–Trinajstić information content (AvgIpc) is 3.24. The number of hydrogen-bond acceptors (Lipinski definition) is 5. The van der Waals surface area contributed by atoms with Crippen LogP contribution in [-0.4, -0.2) is 80.9 Å². The normalized spacial score (nSPS) is 22.0. The number of alkyl halides is 1. The number of carbonyl (C=O) groups is 1. The Bertz CT molecular complexity index is 1050. The van der Waals surface area contributed by atoms with Gasteiger partial charge in [0.1, 0.15) is 12.3 Å². The summed E-state index contributed by atoms with van der Waals surface area (Å²) in [7, 11) is 4.30. The second-order valence-electron chi connectivity index (χ2n) is 13.7. The van der Waals surface area contributed by atoms with Crippen LogP contribution < -0.4 is 4.90 Å². The zero-order valence-electron chi connectivity index (χ0n) is 28.8. The van der Waals surface area contributed by atoms with Gasteiger partial charge in [-0.25, -0.2) is 4.39 Å². The van der Waals surface area contributed by atoms with Gasteiger partial charge in [0.05, 0.1) is 0 Å². The lowest BCUT2D eigenvalue weighted by molar-refractivity contribution is -0.147. The Morgan fingerprint density at radius 3 is 2.52 bits per heavy atom. The van der Waals surface area contributed by atoms with Crippen molar-refractivity contribution < 1.29 is 13.9 Å². The molecule has 0 bridgehead atoms. The van der Waals surface area contributed by atoms with Gasteiger partial charge in [-0.3, -0.25) is 4.79 Å². The summed E-state index contributed by atoms with van der Waals surface area (Å²) >= 11 is 0. The fraction of sp³-hybridized carbons (Fsp3) is 0.711. The number of anilines is 1. The highest BCUT2D eigenvalue weighted by Gasteiger charge is 2.50. The van der Waals surface area contributed by atoms with Gasteiger partial charge in [-0.1, -0.05) is 95.7 Å². The number of hydrogen-bond donors (Lipinski definition) is 0. The van der Waals surface area contributed by atoms with Gasteiger partial charge in [0, 0.05) is 49.7 Å². The van der Waals surface area contributed by atoms with Gasteiger partial charge in [0.15, 0.2) is 0 Å². The molecule has 0 N–H and O–H groups in total. The molecule has 1 saturated heterocycles. The van der Waals surface area contributed by atoms with Gasteiger partial charge in [0.2, 0.25) is 0 Å². The van der Waals surface area contributed by atoms with Crippen molar-refractivity contribution in [3.63, 3.8) is 0 Å². The van der Waals surface area contributed by atoms with Crippen LogP contribution in [0.2, 0.25) is 0 Å². The molecule has 2 heterocycles. The molecule has 1 aromatic carbocycles. The predicted molar refractivity (Wildman–Crippen MR) is 184 cm³/mol. The maximum absolute atomic E-state index is 13.8. The molecule has 3 rings (SSSR count). The van der Waals surface area contributed by atoms with Crippen LogP contribution in [0.15, 0.2) is 48.1 Å². The molecule has 0 spiro atoms. The van der Waals surface area contributed by atoms with Gasteiger partial charge >= 0.3 is 5.97 Å². The second-order valence-corrected chi connectivity index (χ2v) is 13.7. The van der Waals surface area contributed by atoms with Crippen LogP contribution >= 0.6 is 0 Å². The molecule has 44 heavy (non-hydrogen) atoms. The molecule has 1 aromatic rings. The van der Waals surface area contributed by atoms with Crippen LogP contribution in [0.3, 0.4) is 0 Å². The molecule has 4 atom stereocenters. The molecule has 0 saturated carbocycles. The summed E-state index contributed by atoms with van der Waals surface area (Å²) in [5, 5.41) is 0. The number of likely N-dealkylation sites (N-methyl/N-ethyl adjacent to an activating group) is 1. The third-order valence-corrected chi connectivity index (χ3v) is 9.56. The first-order valence-corrected chi connectivity index (χ1v) is 17.6. The van der Waals surface area contributed by atoms with E-state index in [1.807, 2.05) is 6.08 Å². The van der Waals surface area contributed by atoms with Crippen molar-refractivity contribution in [1.82, 2.24) is 9.80 Å². The molecule has 0 aromatic heterocycles. The summed E-state index contributed by atoms with van der Waals surface area (Å²) in [6, 6.07) is 9.52. The maximum atomic E-state index is 13.8. The minimum absolute atomic E-state index is 0.0941. The summed E-state index contributed by atoms with van der Waals surface area (Å²) in [5.74, 6) is -0.124. The monoisotopic (exact) mass is 611 g/mol. The summed E-state index contributed by atoms with van der Waals surface area (Å²) in [5.41, 5.74) is 3.90. The lowest BCUT2D eigenvalue weighted by Gasteiger charge is -2.45. The molecular formula is C38H62FN3O2. The molecule has 0 radical (unpaired) electrons. The van der Waals surface area contributed by atoms with E-state index in [1.54, 1.807) is 6.08 Å². The van der Waals surface area contributed by atoms with Crippen molar-refractivity contribution in [3.05, 3.63) is 53.6 Å². The Morgan fingerprint density at radius 1 is 1.09 bits per heavy atom. The Labute approximate surface area is 268 Å². The summed E-state index contributed by atoms with van der Waals surface area (Å²) in [4.78, 5) is 20.5. The summed E-state index contributed by atoms with van der Waals surface area (Å²) in [6.07, 6.45) is 16.5. The number of para-hydroxylation sites is 1. The minimum Gasteiger partial charge on any atom is -0.457 e. The van der Waals surface area contributed by atoms with Crippen molar-refractivity contribution in [1.29, 1.82) is 0 Å². The van der Waals surface area contributed by atoms with E-state index in [2.05, 4.69) is 79.9 Å². The quantitative estimate of drug-likeness (QED) is 0.0840. The van der Waals surface area contributed by atoms with Gasteiger partial charge in [0.25, 0.3) is 0 Å². The molecule has 2 aliphatic rings. The van der Waals surface area contributed by atoms with Gasteiger partial charge in [-0.2, -0.15) is 0 Å². The summed E-state index contributed by atoms with van der Waals surface area (Å²) < 4.78 is 19.9. The smallest absolute Gasteiger partial charge is 0.306 e. The van der Waals surface area contributed by atoms with Crippen molar-refractivity contribution in [2.75, 3.05) is 51.7 Å². The zero-order chi connectivity index (χ0) is 32.0. The van der Waals surface area contributed by atoms with Crippen LogP contribution in [-0.2, 0) is 14.9 Å². The number of nitrogens with zero attached hydrogens (tertiary/aromatic N) is 3. The molecule has 248 valence electrons. The third kappa shape index (κ3) is 10.7. The highest BCUT2D eigenvalue weighted by Crippen LogP contribution is 2.48. The van der Waals surface area contributed by atoms with E-state index in [0.717, 1.165) is 76.8 Å². The predicted octanol–water partition coefficient (Wildman–Crippen LogP) is 8.48. The highest BCUT2D eigenvalue weighted by molar-refractivity contribution is 5.70. The van der Waals surface area contributed by atoms with Gasteiger partial charge in [-0.15, -0.1) is 0 Å². The number of piperidine rings is 1. The molecule has 0 amide bonds. The van der Waals surface area contributed by atoms with E-state index < -0.39 is 6.17 Å². The van der Waals surface area contributed by atoms with Crippen LogP contribution in [0.1, 0.15) is 110 Å². The van der Waals surface area contributed by atoms with E-state index in [1.165, 1.54) is 50.3 Å². The van der Waals surface area contributed by atoms with Crippen LogP contribution in [0.25, 0.3) is 0 Å². The van der Waals surface area contributed by atoms with Crippen molar-refractivity contribution >= 4 is 11.7 Å². The number of rotatable bonds is 20. The number of fused-ring (bicyclic) bond motifs is 3. The Balaban J connectivity index is 1.61. The van der Waals surface area contributed by atoms with Gasteiger partial charge in [-0.05, 0) is 76.9 Å². The highest BCUT2D eigenvalue weighted by atomic mass is 19.1. The fourth-order valence-corrected chi connectivity index (χ4v) is 7.21. The van der Waals surface area contributed by atoms with Crippen LogP contribution in [0.5, 0.6) is 0 Å². The average molecular weight is 612 g/mol. The second kappa shape index (κ2) is 18.7. The maximum Gasteiger partial charge on any atom is 0.306 e. The number of halogens is 1. The number of ether oxygens (including phenoxy) is 1. The van der Waals surface area contributed by atoms with Gasteiger partial charge < -0.3 is 19.4 Å². The SMILES string of the molecule is CC/C=C(\C=C/C(C)F)C(CCCN1CCC2N(CCN(C)C)c3ccccc3C2(C)C1)OC(=O)CCCCCCCCC. The first kappa shape index (κ1) is 36.3. The lowest BCUT2D eigenvalue weighted by Crippen LogP contribution is -2.56. The van der Waals surface area contributed by atoms with E-state index in [9.17, 15) is 9.18 Å². The molecule has 2 aliphatic heterocycles. The number of unbranched alkanes of at least 4 members (excludes halogenated alkanes) is 6. The number of carbonyl (C=O) groups excluding carboxylic acids is 1. The number of benzene rings is 1. The molecular weight excluding hydrogens is 549 g/mol. The Morgan fingerprint density at radius 2 is 1.82 bits per heavy atom. The first-order valence-electron chi connectivity index (χ1n) is 17.6. The largest absolute Gasteiger partial charge is 0.457 e. The van der Waals surface area contributed by atoms with E-state index >= 15 is 0 Å². The fourth-order valence-electron chi connectivity index (χ4n) is 7.21. The van der Waals surface area contributed by atoms with Crippen molar-refractivity contribution in [2.45, 2.75) is 128 Å². The number of likely N-dealkylation sites (tertiary alicyclic amines) is 1. The summed E-state index contributed by atoms with van der Waals surface area (Å²) in [6.45, 7) is 13.5. The van der Waals surface area contributed by atoms with Crippen LogP contribution in [0, 0.1) is 0 Å². The third-order valence-electron chi connectivity index (χ3n) is 9.56. The molecule has 4 unspecified atom stereocenters. The van der Waals surface area contributed by atoms with E-state index in [4.69, 9.17) is 4.74 Å². The van der Waals surface area contributed by atoms with Crippen molar-refractivity contribution in [3.8, 4) is 0 Å². The minimum atomic E-state index is -1.03. The molecule has 1 fully saturated rings. The molecule has 0 aliphatic carbocycles. The lowest BCUT2D eigenvalue weighted by atomic mass is 9.74. The Kier molecular flexibility index (Phi) is 15.4. The van der Waals surface area contributed by atoms with Crippen LogP contribution in [0.4, 0.5) is 10.1 Å². The van der Waals surface area contributed by atoms with Crippen molar-refractivity contribution in [2.24, 2.45) is 0 Å². The standard InChI is InChI=1S/C38H62FN3O2/c1-7-9-10-11-12-13-14-22-37(43)44-35(32(18-8-2)24-23-31(3)39)21-17-26-41-27-25-36-38(4,30-41)33-19-15-16-20-34(33)42(36)29-28-40(5)6/h15-16,18-20,23-24,31,35-36H,7-14,17,21-22,25-30H2,1-6H3/b24-23-,32-18+. The topological polar surface area (TPSA) is 36.0 Å².